The zero-order chi connectivity index (χ0) is 20.1. The normalized spacial score (nSPS) is 17.6. The maximum absolute atomic E-state index is 12.7. The first-order chi connectivity index (χ1) is 14.2. The van der Waals surface area contributed by atoms with Crippen molar-refractivity contribution in [2.24, 2.45) is 0 Å². The Hall–Kier alpha value is -2.33. The number of hydrogen-bond donors (Lipinski definition) is 2. The van der Waals surface area contributed by atoms with Crippen molar-refractivity contribution in [1.29, 1.82) is 0 Å². The third-order valence-electron chi connectivity index (χ3n) is 6.54. The van der Waals surface area contributed by atoms with Crippen LogP contribution in [0.5, 0.6) is 5.75 Å². The third kappa shape index (κ3) is 4.99. The number of aryl methyl sites for hydroxylation is 2. The quantitative estimate of drug-likeness (QED) is 0.760. The topological polar surface area (TPSA) is 42.8 Å². The largest absolute Gasteiger partial charge is 0.497 e. The second kappa shape index (κ2) is 9.45. The maximum Gasteiger partial charge on any atom is 0.224 e. The fourth-order valence-corrected chi connectivity index (χ4v) is 4.89. The van der Waals surface area contributed by atoms with Crippen LogP contribution in [0.2, 0.25) is 0 Å². The van der Waals surface area contributed by atoms with Crippen molar-refractivity contribution in [1.82, 2.24) is 5.32 Å². The predicted molar refractivity (Wildman–Crippen MR) is 115 cm³/mol. The van der Waals surface area contributed by atoms with Crippen LogP contribution in [0.3, 0.4) is 0 Å². The lowest BCUT2D eigenvalue weighted by atomic mass is 10.0. The predicted octanol–water partition coefficient (Wildman–Crippen LogP) is 2.65. The van der Waals surface area contributed by atoms with Gasteiger partial charge in [0.05, 0.1) is 33.2 Å². The van der Waals surface area contributed by atoms with Crippen LogP contribution in [0.25, 0.3) is 0 Å². The number of ether oxygens (including phenoxy) is 1. The molecule has 1 aliphatic carbocycles. The van der Waals surface area contributed by atoms with Crippen LogP contribution in [0, 0.1) is 0 Å². The number of fused-ring (bicyclic) bond motifs is 1. The Morgan fingerprint density at radius 3 is 2.52 bits per heavy atom. The van der Waals surface area contributed by atoms with E-state index in [-0.39, 0.29) is 5.91 Å². The molecule has 2 aromatic carbocycles. The number of amides is 1. The summed E-state index contributed by atoms with van der Waals surface area (Å²) in [5, 5.41) is 3.23. The molecular formula is C25H33N2O2+. The highest BCUT2D eigenvalue weighted by atomic mass is 16.5. The van der Waals surface area contributed by atoms with Gasteiger partial charge in [-0.15, -0.1) is 0 Å². The molecule has 1 amide bonds. The first-order valence-corrected chi connectivity index (χ1v) is 11.1. The minimum atomic E-state index is 0.123. The number of quaternary nitrogens is 1. The van der Waals surface area contributed by atoms with Crippen molar-refractivity contribution in [2.75, 3.05) is 26.7 Å². The van der Waals surface area contributed by atoms with Gasteiger partial charge in [0, 0.05) is 5.56 Å². The summed E-state index contributed by atoms with van der Waals surface area (Å²) in [5.74, 6) is 1.000. The van der Waals surface area contributed by atoms with Gasteiger partial charge < -0.3 is 15.0 Å². The number of piperidine rings is 1. The van der Waals surface area contributed by atoms with Gasteiger partial charge >= 0.3 is 0 Å². The van der Waals surface area contributed by atoms with E-state index in [1.165, 1.54) is 61.9 Å². The summed E-state index contributed by atoms with van der Waals surface area (Å²) >= 11 is 0. The van der Waals surface area contributed by atoms with Gasteiger partial charge in [0.1, 0.15) is 11.8 Å². The fourth-order valence-electron chi connectivity index (χ4n) is 4.89. The van der Waals surface area contributed by atoms with E-state index in [0.717, 1.165) is 17.7 Å². The summed E-state index contributed by atoms with van der Waals surface area (Å²) in [6.07, 6.45) is 7.91. The second-order valence-electron chi connectivity index (χ2n) is 8.48. The van der Waals surface area contributed by atoms with E-state index in [2.05, 4.69) is 35.6 Å². The summed E-state index contributed by atoms with van der Waals surface area (Å²) in [6.45, 7) is 3.04. The van der Waals surface area contributed by atoms with Crippen LogP contribution in [0.15, 0.2) is 42.5 Å². The van der Waals surface area contributed by atoms with Gasteiger partial charge in [-0.3, -0.25) is 4.79 Å². The highest BCUT2D eigenvalue weighted by Gasteiger charge is 2.26. The van der Waals surface area contributed by atoms with Crippen molar-refractivity contribution in [3.63, 3.8) is 0 Å². The highest BCUT2D eigenvalue weighted by Crippen LogP contribution is 2.23. The van der Waals surface area contributed by atoms with Gasteiger partial charge in [0.2, 0.25) is 5.91 Å². The third-order valence-corrected chi connectivity index (χ3v) is 6.54. The van der Waals surface area contributed by atoms with E-state index in [4.69, 9.17) is 4.74 Å². The molecule has 4 heteroatoms. The van der Waals surface area contributed by atoms with Crippen LogP contribution in [-0.4, -0.2) is 32.7 Å². The van der Waals surface area contributed by atoms with E-state index in [1.54, 1.807) is 12.0 Å². The Morgan fingerprint density at radius 2 is 1.76 bits per heavy atom. The maximum atomic E-state index is 12.7. The average molecular weight is 394 g/mol. The SMILES string of the molecule is COc1ccc([C@H](CNC(=O)Cc2ccc3c(c2)CCC3)[NH+]2CCCCC2)cc1. The highest BCUT2D eigenvalue weighted by molar-refractivity contribution is 5.78. The van der Waals surface area contributed by atoms with Crippen LogP contribution in [0.4, 0.5) is 0 Å². The zero-order valence-electron chi connectivity index (χ0n) is 17.5. The lowest BCUT2D eigenvalue weighted by Crippen LogP contribution is -3.13. The van der Waals surface area contributed by atoms with Crippen molar-refractivity contribution in [3.05, 3.63) is 64.7 Å². The lowest BCUT2D eigenvalue weighted by molar-refractivity contribution is -0.935. The fraction of sp³-hybridized carbons (Fsp3) is 0.480. The van der Waals surface area contributed by atoms with Gasteiger partial charge in [-0.1, -0.05) is 18.2 Å². The van der Waals surface area contributed by atoms with Gasteiger partial charge in [0.25, 0.3) is 0 Å². The van der Waals surface area contributed by atoms with E-state index in [9.17, 15) is 4.79 Å². The summed E-state index contributed by atoms with van der Waals surface area (Å²) in [6, 6.07) is 15.2. The van der Waals surface area contributed by atoms with E-state index in [1.807, 2.05) is 12.1 Å². The molecule has 4 nitrogen and oxygen atoms in total. The van der Waals surface area contributed by atoms with Crippen LogP contribution in [0.1, 0.15) is 54.0 Å². The second-order valence-corrected chi connectivity index (χ2v) is 8.48. The van der Waals surface area contributed by atoms with Gasteiger partial charge in [-0.2, -0.15) is 0 Å². The Morgan fingerprint density at radius 1 is 1.00 bits per heavy atom. The van der Waals surface area contributed by atoms with E-state index >= 15 is 0 Å². The first-order valence-electron chi connectivity index (χ1n) is 11.1. The number of rotatable bonds is 7. The summed E-state index contributed by atoms with van der Waals surface area (Å²) in [7, 11) is 1.70. The van der Waals surface area contributed by atoms with Crippen molar-refractivity contribution >= 4 is 5.91 Å². The molecule has 2 N–H and O–H groups in total. The molecule has 1 aliphatic heterocycles. The van der Waals surface area contributed by atoms with Gasteiger partial charge in [-0.25, -0.2) is 0 Å². The van der Waals surface area contributed by atoms with Gasteiger partial charge in [-0.05, 0) is 79.5 Å². The molecule has 1 saturated heterocycles. The molecule has 0 unspecified atom stereocenters. The number of carbonyl (C=O) groups excluding carboxylic acids is 1. The molecule has 2 aromatic rings. The number of benzene rings is 2. The molecule has 1 heterocycles. The average Bonchev–Trinajstić information content (AvgIpc) is 3.23. The summed E-state index contributed by atoms with van der Waals surface area (Å²) in [5.41, 5.74) is 5.31. The van der Waals surface area contributed by atoms with E-state index in [0.29, 0.717) is 19.0 Å². The molecule has 1 atom stereocenters. The molecule has 0 bridgehead atoms. The lowest BCUT2D eigenvalue weighted by Gasteiger charge is -2.32. The molecule has 0 aromatic heterocycles. The molecule has 1 fully saturated rings. The van der Waals surface area contributed by atoms with Crippen LogP contribution < -0.4 is 15.0 Å². The summed E-state index contributed by atoms with van der Waals surface area (Å²) in [4.78, 5) is 14.3. The van der Waals surface area contributed by atoms with Crippen LogP contribution in [-0.2, 0) is 24.1 Å². The molecule has 29 heavy (non-hydrogen) atoms. The minimum Gasteiger partial charge on any atom is -0.497 e. The van der Waals surface area contributed by atoms with Crippen molar-refractivity contribution < 1.29 is 14.4 Å². The number of carbonyl (C=O) groups is 1. The van der Waals surface area contributed by atoms with E-state index < -0.39 is 0 Å². The van der Waals surface area contributed by atoms with Crippen molar-refractivity contribution in [2.45, 2.75) is 51.0 Å². The van der Waals surface area contributed by atoms with Crippen LogP contribution >= 0.6 is 0 Å². The smallest absolute Gasteiger partial charge is 0.224 e. The molecule has 0 spiro atoms. The monoisotopic (exact) mass is 393 g/mol. The summed E-state index contributed by atoms with van der Waals surface area (Å²) < 4.78 is 5.31. The molecule has 0 saturated carbocycles. The molecule has 2 aliphatic rings. The molecular weight excluding hydrogens is 360 g/mol. The number of likely N-dealkylation sites (tertiary alicyclic amines) is 1. The Balaban J connectivity index is 1.40. The number of methoxy groups -OCH3 is 1. The number of nitrogens with one attached hydrogen (secondary N) is 2. The zero-order valence-corrected chi connectivity index (χ0v) is 17.5. The number of hydrogen-bond acceptors (Lipinski definition) is 2. The molecule has 154 valence electrons. The Kier molecular flexibility index (Phi) is 6.50. The molecule has 4 rings (SSSR count). The Bertz CT molecular complexity index is 825. The van der Waals surface area contributed by atoms with Gasteiger partial charge in [0.15, 0.2) is 0 Å². The Labute approximate surface area is 174 Å². The molecule has 0 radical (unpaired) electrons. The minimum absolute atomic E-state index is 0.123. The first kappa shape index (κ1) is 20.0. The van der Waals surface area contributed by atoms with Crippen molar-refractivity contribution in [3.8, 4) is 5.75 Å². The standard InChI is InChI=1S/C25H32N2O2/c1-29-23-12-10-21(11-13-23)24(27-14-3-2-4-15-27)18-26-25(28)17-19-8-9-20-6-5-7-22(20)16-19/h8-13,16,24H,2-7,14-15,17-18H2,1H3,(H,26,28)/p+1/t24-/m0/s1.